The second-order valence-electron chi connectivity index (χ2n) is 5.70. The van der Waals surface area contributed by atoms with E-state index in [0.717, 1.165) is 12.0 Å². The minimum atomic E-state index is -0.922. The number of hydrogen-bond donors (Lipinski definition) is 3. The Morgan fingerprint density at radius 3 is 2.72 bits per heavy atom. The Hall–Kier alpha value is -1.83. The number of carbonyl (C=O) groups excluding carboxylic acids is 2. The van der Waals surface area contributed by atoms with Crippen LogP contribution in [0.1, 0.15) is 18.4 Å². The van der Waals surface area contributed by atoms with Gasteiger partial charge in [-0.15, -0.1) is 12.4 Å². The van der Waals surface area contributed by atoms with Crippen molar-refractivity contribution in [1.29, 1.82) is 0 Å². The summed E-state index contributed by atoms with van der Waals surface area (Å²) in [5.41, 5.74) is 1.34. The lowest BCUT2D eigenvalue weighted by atomic mass is 10.2. The van der Waals surface area contributed by atoms with Crippen LogP contribution < -0.4 is 10.6 Å². The van der Waals surface area contributed by atoms with Gasteiger partial charge in [0.15, 0.2) is 0 Å². The zero-order chi connectivity index (χ0) is 17.7. The summed E-state index contributed by atoms with van der Waals surface area (Å²) < 4.78 is 0. The van der Waals surface area contributed by atoms with Gasteiger partial charge in [0.05, 0.1) is 13.1 Å². The number of amides is 2. The van der Waals surface area contributed by atoms with Crippen molar-refractivity contribution < 1.29 is 19.5 Å². The van der Waals surface area contributed by atoms with Crippen LogP contribution in [0, 0.1) is 6.92 Å². The van der Waals surface area contributed by atoms with E-state index in [1.54, 1.807) is 30.0 Å². The maximum Gasteiger partial charge on any atom is 0.320 e. The van der Waals surface area contributed by atoms with Gasteiger partial charge in [-0.05, 0) is 44.0 Å². The molecule has 0 saturated carbocycles. The molecule has 0 aliphatic carbocycles. The van der Waals surface area contributed by atoms with E-state index in [-0.39, 0.29) is 37.3 Å². The third-order valence-electron chi connectivity index (χ3n) is 3.98. The first-order valence-electron chi connectivity index (χ1n) is 7.67. The third-order valence-corrected chi connectivity index (χ3v) is 4.39. The van der Waals surface area contributed by atoms with E-state index in [4.69, 9.17) is 16.7 Å². The molecule has 2 amide bonds. The van der Waals surface area contributed by atoms with E-state index in [1.165, 1.54) is 0 Å². The largest absolute Gasteiger partial charge is 0.480 e. The normalized spacial score (nSPS) is 16.8. The molecular weight excluding hydrogens is 369 g/mol. The topological polar surface area (TPSA) is 98.7 Å². The lowest BCUT2D eigenvalue weighted by Crippen LogP contribution is -2.44. The van der Waals surface area contributed by atoms with Gasteiger partial charge in [0.1, 0.15) is 6.04 Å². The van der Waals surface area contributed by atoms with Gasteiger partial charge in [-0.3, -0.25) is 19.3 Å². The van der Waals surface area contributed by atoms with Crippen LogP contribution in [0.5, 0.6) is 0 Å². The number of anilines is 1. The lowest BCUT2D eigenvalue weighted by molar-refractivity contribution is -0.142. The molecule has 0 aromatic heterocycles. The van der Waals surface area contributed by atoms with Crippen LogP contribution >= 0.6 is 24.0 Å². The molecule has 0 spiro atoms. The molecule has 7 nitrogen and oxygen atoms in total. The van der Waals surface area contributed by atoms with Crippen LogP contribution in [0.2, 0.25) is 5.02 Å². The first-order chi connectivity index (χ1) is 11.4. The number of carboxylic acid groups (broad SMARTS) is 1. The van der Waals surface area contributed by atoms with Crippen LogP contribution in [0.15, 0.2) is 18.2 Å². The van der Waals surface area contributed by atoms with Gasteiger partial charge in [0.25, 0.3) is 0 Å². The molecular formula is C16H21Cl2N3O4. The molecule has 0 bridgehead atoms. The van der Waals surface area contributed by atoms with Gasteiger partial charge in [-0.1, -0.05) is 17.7 Å². The second kappa shape index (κ2) is 9.60. The van der Waals surface area contributed by atoms with E-state index < -0.39 is 12.0 Å². The molecule has 2 rings (SSSR count). The van der Waals surface area contributed by atoms with Crippen molar-refractivity contribution >= 4 is 47.5 Å². The number of halogens is 2. The highest BCUT2D eigenvalue weighted by atomic mass is 35.5. The summed E-state index contributed by atoms with van der Waals surface area (Å²) in [5, 5.41) is 14.8. The number of rotatable bonds is 6. The first kappa shape index (κ1) is 21.2. The highest BCUT2D eigenvalue weighted by Gasteiger charge is 2.31. The average molecular weight is 390 g/mol. The SMILES string of the molecule is Cc1c(Cl)cccc1NC(=O)CNC(=O)CN1CCC[C@H]1C(=O)O.Cl. The standard InChI is InChI=1S/C16H20ClN3O4.ClH/c1-10-11(17)4-2-5-12(10)19-14(21)8-18-15(22)9-20-7-3-6-13(20)16(23)24;/h2,4-5,13H,3,6-9H2,1H3,(H,18,22)(H,19,21)(H,23,24);1H/t13-;/m0./s1. The zero-order valence-corrected chi connectivity index (χ0v) is 15.3. The van der Waals surface area contributed by atoms with Crippen molar-refractivity contribution in [2.45, 2.75) is 25.8 Å². The van der Waals surface area contributed by atoms with Crippen molar-refractivity contribution in [3.63, 3.8) is 0 Å². The number of hydrogen-bond acceptors (Lipinski definition) is 4. The fourth-order valence-electron chi connectivity index (χ4n) is 2.65. The van der Waals surface area contributed by atoms with Crippen molar-refractivity contribution in [3.05, 3.63) is 28.8 Å². The molecule has 0 radical (unpaired) electrons. The lowest BCUT2D eigenvalue weighted by Gasteiger charge is -2.20. The average Bonchev–Trinajstić information content (AvgIpc) is 2.98. The van der Waals surface area contributed by atoms with E-state index in [1.807, 2.05) is 0 Å². The zero-order valence-electron chi connectivity index (χ0n) is 13.8. The van der Waals surface area contributed by atoms with Crippen molar-refractivity contribution in [3.8, 4) is 0 Å². The van der Waals surface area contributed by atoms with Gasteiger partial charge in [-0.25, -0.2) is 0 Å². The summed E-state index contributed by atoms with van der Waals surface area (Å²) in [5.74, 6) is -1.67. The Balaban J connectivity index is 0.00000312. The summed E-state index contributed by atoms with van der Waals surface area (Å²) in [6.07, 6.45) is 1.29. The van der Waals surface area contributed by atoms with E-state index in [0.29, 0.717) is 23.7 Å². The molecule has 1 aliphatic heterocycles. The first-order valence-corrected chi connectivity index (χ1v) is 8.05. The number of aliphatic carboxylic acids is 1. The number of nitrogens with zero attached hydrogens (tertiary/aromatic N) is 1. The van der Waals surface area contributed by atoms with Gasteiger partial charge < -0.3 is 15.7 Å². The minimum Gasteiger partial charge on any atom is -0.480 e. The smallest absolute Gasteiger partial charge is 0.320 e. The highest BCUT2D eigenvalue weighted by molar-refractivity contribution is 6.31. The minimum absolute atomic E-state index is 0. The Morgan fingerprint density at radius 1 is 1.32 bits per heavy atom. The monoisotopic (exact) mass is 389 g/mol. The quantitative estimate of drug-likeness (QED) is 0.687. The Labute approximate surface area is 157 Å². The van der Waals surface area contributed by atoms with Gasteiger partial charge >= 0.3 is 5.97 Å². The summed E-state index contributed by atoms with van der Waals surface area (Å²) in [7, 11) is 0. The van der Waals surface area contributed by atoms with E-state index in [2.05, 4.69) is 10.6 Å². The number of carbonyl (C=O) groups is 3. The van der Waals surface area contributed by atoms with Crippen LogP contribution in [-0.4, -0.2) is 53.5 Å². The molecule has 138 valence electrons. The number of benzene rings is 1. The van der Waals surface area contributed by atoms with E-state index >= 15 is 0 Å². The van der Waals surface area contributed by atoms with Crippen LogP contribution in [0.4, 0.5) is 5.69 Å². The Bertz CT molecular complexity index is 654. The van der Waals surface area contributed by atoms with E-state index in [9.17, 15) is 14.4 Å². The summed E-state index contributed by atoms with van der Waals surface area (Å²) in [4.78, 5) is 36.5. The highest BCUT2D eigenvalue weighted by Crippen LogP contribution is 2.22. The number of carboxylic acids is 1. The number of nitrogens with one attached hydrogen (secondary N) is 2. The third kappa shape index (κ3) is 5.88. The summed E-state index contributed by atoms with van der Waals surface area (Å²) in [6, 6.07) is 4.55. The van der Waals surface area contributed by atoms with Crippen molar-refractivity contribution in [1.82, 2.24) is 10.2 Å². The molecule has 1 saturated heterocycles. The van der Waals surface area contributed by atoms with Gasteiger partial charge in [-0.2, -0.15) is 0 Å². The van der Waals surface area contributed by atoms with Crippen LogP contribution in [0.3, 0.4) is 0 Å². The molecule has 1 aliphatic rings. The molecule has 1 aromatic carbocycles. The second-order valence-corrected chi connectivity index (χ2v) is 6.11. The summed E-state index contributed by atoms with van der Waals surface area (Å²) in [6.45, 7) is 2.14. The Morgan fingerprint density at radius 2 is 2.04 bits per heavy atom. The molecule has 9 heteroatoms. The fraction of sp³-hybridized carbons (Fsp3) is 0.438. The molecule has 1 aromatic rings. The Kier molecular flexibility index (Phi) is 8.15. The molecule has 1 heterocycles. The van der Waals surface area contributed by atoms with Crippen LogP contribution in [-0.2, 0) is 14.4 Å². The predicted molar refractivity (Wildman–Crippen MR) is 97.3 cm³/mol. The van der Waals surface area contributed by atoms with Crippen molar-refractivity contribution in [2.75, 3.05) is 25.0 Å². The van der Waals surface area contributed by atoms with Crippen molar-refractivity contribution in [2.24, 2.45) is 0 Å². The molecule has 25 heavy (non-hydrogen) atoms. The molecule has 1 atom stereocenters. The molecule has 1 fully saturated rings. The molecule has 0 unspecified atom stereocenters. The van der Waals surface area contributed by atoms with Crippen LogP contribution in [0.25, 0.3) is 0 Å². The number of likely N-dealkylation sites (tertiary alicyclic amines) is 1. The fourth-order valence-corrected chi connectivity index (χ4v) is 2.83. The predicted octanol–water partition coefficient (Wildman–Crippen LogP) is 1.67. The maximum atomic E-state index is 11.9. The van der Waals surface area contributed by atoms with Gasteiger partial charge in [0.2, 0.25) is 11.8 Å². The molecule has 3 N–H and O–H groups in total. The maximum absolute atomic E-state index is 11.9. The van der Waals surface area contributed by atoms with Gasteiger partial charge in [0, 0.05) is 10.7 Å². The summed E-state index contributed by atoms with van der Waals surface area (Å²) >= 11 is 5.98.